The third-order valence-corrected chi connectivity index (χ3v) is 6.09. The predicted octanol–water partition coefficient (Wildman–Crippen LogP) is 9.29. The summed E-state index contributed by atoms with van der Waals surface area (Å²) in [5.41, 5.74) is 0. The van der Waals surface area contributed by atoms with Crippen molar-refractivity contribution in [1.82, 2.24) is 0 Å². The minimum absolute atomic E-state index is 0.0769. The van der Waals surface area contributed by atoms with Crippen molar-refractivity contribution in [3.63, 3.8) is 0 Å². The first-order valence-electron chi connectivity index (χ1n) is 13.4. The average molecular weight is 445 g/mol. The molecule has 0 unspecified atom stereocenters. The number of rotatable bonds is 22. The zero-order chi connectivity index (χ0) is 23.1. The number of phenolic OH excluding ortho intramolecular Hbond substituents is 1. The van der Waals surface area contributed by atoms with Crippen LogP contribution in [0.2, 0.25) is 0 Å². The first kappa shape index (κ1) is 28.3. The third-order valence-electron chi connectivity index (χ3n) is 6.09. The molecule has 0 aromatic heterocycles. The number of aromatic hydroxyl groups is 1. The Morgan fingerprint density at radius 1 is 0.719 bits per heavy atom. The number of carbonyl (C=O) groups is 1. The average Bonchev–Trinajstić information content (AvgIpc) is 2.79. The van der Waals surface area contributed by atoms with Crippen LogP contribution in [-0.2, 0) is 4.79 Å². The standard InChI is InChI=1S/C29H48O3/c1-2-3-4-5-6-7-8-9-10-11-12-13-14-15-16-17-18-19-22-27(30)25-26-32-29-24-21-20-23-28(29)31/h20-21,23-26,31H,2-19,22H2,1H3/b26-25+. The predicted molar refractivity (Wildman–Crippen MR) is 136 cm³/mol. The summed E-state index contributed by atoms with van der Waals surface area (Å²) in [6.07, 6.45) is 27.7. The number of hydrogen-bond donors (Lipinski definition) is 1. The van der Waals surface area contributed by atoms with Crippen molar-refractivity contribution in [2.75, 3.05) is 0 Å². The second-order valence-corrected chi connectivity index (χ2v) is 9.12. The summed E-state index contributed by atoms with van der Waals surface area (Å²) in [5.74, 6) is 0.523. The summed E-state index contributed by atoms with van der Waals surface area (Å²) >= 11 is 0. The zero-order valence-electron chi connectivity index (χ0n) is 20.7. The zero-order valence-corrected chi connectivity index (χ0v) is 20.7. The smallest absolute Gasteiger partial charge is 0.168 e. The molecule has 0 aliphatic carbocycles. The monoisotopic (exact) mass is 444 g/mol. The van der Waals surface area contributed by atoms with Crippen LogP contribution >= 0.6 is 0 Å². The second kappa shape index (κ2) is 21.1. The van der Waals surface area contributed by atoms with E-state index in [4.69, 9.17) is 4.74 Å². The molecule has 0 amide bonds. The molecule has 0 atom stereocenters. The number of benzene rings is 1. The first-order valence-corrected chi connectivity index (χ1v) is 13.4. The van der Waals surface area contributed by atoms with Gasteiger partial charge in [0.25, 0.3) is 0 Å². The summed E-state index contributed by atoms with van der Waals surface area (Å²) < 4.78 is 5.30. The minimum Gasteiger partial charge on any atom is -0.504 e. The molecule has 0 aliphatic heterocycles. The van der Waals surface area contributed by atoms with Gasteiger partial charge in [-0.1, -0.05) is 128 Å². The Morgan fingerprint density at radius 2 is 1.16 bits per heavy atom. The van der Waals surface area contributed by atoms with Gasteiger partial charge in [-0.3, -0.25) is 4.79 Å². The van der Waals surface area contributed by atoms with E-state index in [1.807, 2.05) is 0 Å². The van der Waals surface area contributed by atoms with Crippen LogP contribution in [0, 0.1) is 0 Å². The quantitative estimate of drug-likeness (QED) is 0.110. The normalized spacial score (nSPS) is 11.3. The molecule has 1 rings (SSSR count). The van der Waals surface area contributed by atoms with E-state index in [1.165, 1.54) is 115 Å². The van der Waals surface area contributed by atoms with Gasteiger partial charge < -0.3 is 9.84 Å². The maximum absolute atomic E-state index is 11.9. The van der Waals surface area contributed by atoms with Crippen molar-refractivity contribution < 1.29 is 14.6 Å². The molecule has 32 heavy (non-hydrogen) atoms. The molecule has 1 aromatic rings. The van der Waals surface area contributed by atoms with Crippen molar-refractivity contribution in [3.05, 3.63) is 36.6 Å². The van der Waals surface area contributed by atoms with Gasteiger partial charge >= 0.3 is 0 Å². The van der Waals surface area contributed by atoms with E-state index in [0.29, 0.717) is 12.2 Å². The van der Waals surface area contributed by atoms with Gasteiger partial charge in [0.05, 0.1) is 6.26 Å². The summed E-state index contributed by atoms with van der Waals surface area (Å²) in [4.78, 5) is 11.9. The van der Waals surface area contributed by atoms with E-state index in [9.17, 15) is 9.90 Å². The molecule has 0 fully saturated rings. The van der Waals surface area contributed by atoms with Gasteiger partial charge in [-0.25, -0.2) is 0 Å². The lowest BCUT2D eigenvalue weighted by atomic mass is 10.0. The van der Waals surface area contributed by atoms with Gasteiger partial charge in [-0.2, -0.15) is 0 Å². The number of phenols is 1. The fourth-order valence-corrected chi connectivity index (χ4v) is 4.02. The van der Waals surface area contributed by atoms with Crippen LogP contribution in [0.5, 0.6) is 11.5 Å². The van der Waals surface area contributed by atoms with Crippen LogP contribution in [0.25, 0.3) is 0 Å². The van der Waals surface area contributed by atoms with Gasteiger partial charge in [-0.15, -0.1) is 0 Å². The number of para-hydroxylation sites is 2. The van der Waals surface area contributed by atoms with E-state index in [-0.39, 0.29) is 11.5 Å². The van der Waals surface area contributed by atoms with Crippen LogP contribution in [0.15, 0.2) is 36.6 Å². The Hall–Kier alpha value is -1.77. The fourth-order valence-electron chi connectivity index (χ4n) is 4.02. The van der Waals surface area contributed by atoms with Crippen molar-refractivity contribution >= 4 is 5.78 Å². The van der Waals surface area contributed by atoms with Gasteiger partial charge in [0.1, 0.15) is 0 Å². The molecule has 3 nitrogen and oxygen atoms in total. The number of ketones is 1. The van der Waals surface area contributed by atoms with Crippen molar-refractivity contribution in [2.45, 2.75) is 129 Å². The van der Waals surface area contributed by atoms with E-state index < -0.39 is 0 Å². The molecule has 0 bridgehead atoms. The molecule has 0 radical (unpaired) electrons. The number of allylic oxidation sites excluding steroid dienone is 1. The molecule has 182 valence electrons. The molecule has 0 saturated carbocycles. The lowest BCUT2D eigenvalue weighted by Gasteiger charge is -2.04. The maximum Gasteiger partial charge on any atom is 0.168 e. The Morgan fingerprint density at radius 3 is 1.62 bits per heavy atom. The summed E-state index contributed by atoms with van der Waals surface area (Å²) in [6, 6.07) is 6.74. The van der Waals surface area contributed by atoms with E-state index >= 15 is 0 Å². The summed E-state index contributed by atoms with van der Waals surface area (Å²) in [5, 5.41) is 9.60. The van der Waals surface area contributed by atoms with Gasteiger partial charge in [-0.05, 0) is 18.6 Å². The van der Waals surface area contributed by atoms with Crippen molar-refractivity contribution in [3.8, 4) is 11.5 Å². The Labute approximate surface area is 197 Å². The Balaban J connectivity index is 1.80. The molecule has 1 N–H and O–H groups in total. The minimum atomic E-state index is 0.0769. The van der Waals surface area contributed by atoms with Crippen LogP contribution in [0.3, 0.4) is 0 Å². The highest BCUT2D eigenvalue weighted by Gasteiger charge is 2.00. The van der Waals surface area contributed by atoms with Crippen LogP contribution < -0.4 is 4.74 Å². The highest BCUT2D eigenvalue weighted by atomic mass is 16.5. The second-order valence-electron chi connectivity index (χ2n) is 9.12. The lowest BCUT2D eigenvalue weighted by Crippen LogP contribution is -1.94. The molecule has 0 aliphatic rings. The van der Waals surface area contributed by atoms with Crippen molar-refractivity contribution in [1.29, 1.82) is 0 Å². The van der Waals surface area contributed by atoms with Crippen LogP contribution in [-0.4, -0.2) is 10.9 Å². The molecular formula is C29H48O3. The molecule has 1 aromatic carbocycles. The Bertz CT molecular complexity index is 594. The molecule has 3 heteroatoms. The fraction of sp³-hybridized carbons (Fsp3) is 0.690. The number of hydrogen-bond acceptors (Lipinski definition) is 3. The number of unbranched alkanes of at least 4 members (excludes halogenated alkanes) is 17. The molecule has 0 spiro atoms. The van der Waals surface area contributed by atoms with Gasteiger partial charge in [0, 0.05) is 12.5 Å². The SMILES string of the molecule is CCCCCCCCCCCCCCCCCCCCC(=O)/C=C/Oc1ccccc1O. The summed E-state index contributed by atoms with van der Waals surface area (Å²) in [6.45, 7) is 2.28. The molecule has 0 saturated heterocycles. The number of ether oxygens (including phenoxy) is 1. The van der Waals surface area contributed by atoms with Crippen LogP contribution in [0.1, 0.15) is 129 Å². The molecule has 0 heterocycles. The topological polar surface area (TPSA) is 46.5 Å². The Kier molecular flexibility index (Phi) is 18.6. The first-order chi connectivity index (χ1) is 15.7. The van der Waals surface area contributed by atoms with Crippen LogP contribution in [0.4, 0.5) is 0 Å². The van der Waals surface area contributed by atoms with Gasteiger partial charge in [0.2, 0.25) is 0 Å². The number of carbonyl (C=O) groups excluding carboxylic acids is 1. The highest BCUT2D eigenvalue weighted by Crippen LogP contribution is 2.24. The maximum atomic E-state index is 11.9. The third kappa shape index (κ3) is 16.9. The highest BCUT2D eigenvalue weighted by molar-refractivity contribution is 5.89. The summed E-state index contributed by atoms with van der Waals surface area (Å²) in [7, 11) is 0. The lowest BCUT2D eigenvalue weighted by molar-refractivity contribution is -0.114. The largest absolute Gasteiger partial charge is 0.504 e. The van der Waals surface area contributed by atoms with Crippen molar-refractivity contribution in [2.24, 2.45) is 0 Å². The van der Waals surface area contributed by atoms with E-state index in [2.05, 4.69) is 6.92 Å². The van der Waals surface area contributed by atoms with Gasteiger partial charge in [0.15, 0.2) is 17.3 Å². The molecular weight excluding hydrogens is 396 g/mol. The van der Waals surface area contributed by atoms with E-state index in [1.54, 1.807) is 24.3 Å². The van der Waals surface area contributed by atoms with E-state index in [0.717, 1.165) is 12.8 Å².